The van der Waals surface area contributed by atoms with Crippen molar-refractivity contribution in [1.82, 2.24) is 49.9 Å². The number of allylic oxidation sites excluding steroid dienone is 1. The van der Waals surface area contributed by atoms with Crippen molar-refractivity contribution in [3.8, 4) is 21.9 Å². The number of sulfonamides is 1. The van der Waals surface area contributed by atoms with Gasteiger partial charge in [-0.25, -0.2) is 23.1 Å². The van der Waals surface area contributed by atoms with Crippen molar-refractivity contribution in [1.29, 1.82) is 0 Å². The highest BCUT2D eigenvalue weighted by Crippen LogP contribution is 2.44. The molecule has 6 N–H and O–H groups in total. The van der Waals surface area contributed by atoms with Crippen LogP contribution in [0.1, 0.15) is 165 Å². The highest BCUT2D eigenvalue weighted by Gasteiger charge is 2.45. The largest absolute Gasteiger partial charge is 0.455 e. The highest BCUT2D eigenvalue weighted by atomic mass is 35.5. The van der Waals surface area contributed by atoms with E-state index in [0.717, 1.165) is 167 Å². The number of nitro groups is 1. The van der Waals surface area contributed by atoms with Crippen LogP contribution in [-0.2, 0) is 24.4 Å². The van der Waals surface area contributed by atoms with Crippen molar-refractivity contribution in [2.24, 2.45) is 16.7 Å². The zero-order valence-electron chi connectivity index (χ0n) is 62.7. The predicted octanol–water partition coefficient (Wildman–Crippen LogP) is 13.6. The molecule has 4 amide bonds. The van der Waals surface area contributed by atoms with Crippen LogP contribution < -0.4 is 30.3 Å². The molecule has 7 aromatic rings. The lowest BCUT2D eigenvalue weighted by Gasteiger charge is -2.42. The van der Waals surface area contributed by atoms with E-state index in [0.29, 0.717) is 43.5 Å². The van der Waals surface area contributed by atoms with Crippen molar-refractivity contribution in [2.75, 3.05) is 88.8 Å². The summed E-state index contributed by atoms with van der Waals surface area (Å²) in [6, 6.07) is 26.9. The standard InChI is InChI=1S/C81H104ClN13O10S2/c1-53(56-16-18-58(19-17-56)74-54(2)86-52-106-74)87-78(99)71-45-64(96)51-94(71)79(100)75(80(3,4)5)88-73(97)13-11-9-8-10-12-34-90-35-39-92(40-36-90)62-24-14-55(15-25-62)48-84-69-29-27-66(46-70(69)95(101)102)107(103,104)89-77(98)67-28-26-63(44-72(67)105-65-43-59-31-33-83-76(59)85-49-65)93-41-37-91(38-42-93)50-60-30-32-81(6,7)47-68(60)57-20-22-61(82)23-21-57/h16-23,26-29,31,33,43-44,46,49,52-53,55,62,64,71,75,84,96H,8-15,24-25,30,32,34-42,45,47-48,50-51H2,1-7H3,(H,83,85)(H,87,99)(H,88,97)(H,89,98)/t53-,55?,62?,64+,71-,75+/m0/s1. The van der Waals surface area contributed by atoms with Gasteiger partial charge in [-0.15, -0.1) is 11.3 Å². The second-order valence-corrected chi connectivity index (χ2v) is 34.7. The van der Waals surface area contributed by atoms with Crippen LogP contribution in [0.5, 0.6) is 11.5 Å². The molecule has 6 heterocycles. The van der Waals surface area contributed by atoms with E-state index in [1.165, 1.54) is 39.9 Å². The minimum absolute atomic E-state index is 0.0112. The van der Waals surface area contributed by atoms with Gasteiger partial charge in [-0.1, -0.05) is 107 Å². The first-order valence-electron chi connectivity index (χ1n) is 38.0. The number of nitro benzene ring substituents is 1. The number of carbonyl (C=O) groups is 4. The van der Waals surface area contributed by atoms with Crippen LogP contribution in [-0.4, -0.2) is 179 Å². The second-order valence-electron chi connectivity index (χ2n) is 31.8. The summed E-state index contributed by atoms with van der Waals surface area (Å²) in [5.74, 6) is -1.16. The first-order chi connectivity index (χ1) is 51.2. The number of nitrogens with zero attached hydrogens (tertiary/aromatic N) is 8. The van der Waals surface area contributed by atoms with Gasteiger partial charge in [0.2, 0.25) is 17.7 Å². The first-order valence-corrected chi connectivity index (χ1v) is 40.8. The molecule has 4 aromatic carbocycles. The molecule has 4 atom stereocenters. The number of thiazole rings is 1. The maximum Gasteiger partial charge on any atom is 0.293 e. The number of piperazine rings is 2. The molecule has 3 saturated heterocycles. The number of nitrogens with one attached hydrogen (secondary N) is 5. The Kier molecular flexibility index (Phi) is 25.3. The summed E-state index contributed by atoms with van der Waals surface area (Å²) in [5, 5.41) is 34.2. The number of unbranched alkanes of at least 4 members (excludes halogenated alkanes) is 4. The Hall–Kier alpha value is -8.30. The number of likely N-dealkylation sites (tertiary alicyclic amines) is 1. The van der Waals surface area contributed by atoms with Gasteiger partial charge in [-0.05, 0) is 166 Å². The molecule has 0 spiro atoms. The SMILES string of the molecule is Cc1ncsc1-c1ccc([C@H](C)NC(=O)[C@@H]2C[C@@H](O)CN2C(=O)[C@@H](NC(=O)CCCCCCCN2CCN(C3CCC(CNc4ccc(S(=O)(=O)NC(=O)c5ccc(N6CCN(CC7=C(c8ccc(Cl)cc8)CC(C)(C)CC7)CC6)cc5Oc5cnc6[nH]ccc6c5)cc4[N+](=O)[O-])CC3)CC2)C(C)(C)C)cc1. The van der Waals surface area contributed by atoms with E-state index in [2.05, 4.69) is 81.2 Å². The maximum atomic E-state index is 14.3. The number of H-pyrrole nitrogens is 1. The van der Waals surface area contributed by atoms with Gasteiger partial charge >= 0.3 is 0 Å². The number of anilines is 2. The molecule has 3 aliphatic heterocycles. The Morgan fingerprint density at radius 2 is 1.55 bits per heavy atom. The fourth-order valence-corrected chi connectivity index (χ4v) is 17.8. The van der Waals surface area contributed by atoms with Gasteiger partial charge < -0.3 is 45.5 Å². The van der Waals surface area contributed by atoms with E-state index in [4.69, 9.17) is 16.3 Å². The van der Waals surface area contributed by atoms with E-state index in [1.807, 2.05) is 82.6 Å². The summed E-state index contributed by atoms with van der Waals surface area (Å²) in [6.07, 6.45) is 14.6. The Balaban J connectivity index is 0.560. The molecule has 572 valence electrons. The number of aromatic amines is 1. The van der Waals surface area contributed by atoms with Crippen LogP contribution in [0.15, 0.2) is 125 Å². The lowest BCUT2D eigenvalue weighted by Crippen LogP contribution is -2.57. The maximum absolute atomic E-state index is 14.3. The van der Waals surface area contributed by atoms with Crippen LogP contribution in [0.4, 0.5) is 17.1 Å². The summed E-state index contributed by atoms with van der Waals surface area (Å²) in [7, 11) is -4.63. The number of pyridine rings is 1. The predicted molar refractivity (Wildman–Crippen MR) is 421 cm³/mol. The third-order valence-corrected chi connectivity index (χ3v) is 24.9. The summed E-state index contributed by atoms with van der Waals surface area (Å²) in [5.41, 5.74) is 9.57. The van der Waals surface area contributed by atoms with Crippen LogP contribution in [0.2, 0.25) is 5.02 Å². The van der Waals surface area contributed by atoms with E-state index >= 15 is 0 Å². The number of rotatable bonds is 28. The number of hydrogen-bond acceptors (Lipinski definition) is 18. The van der Waals surface area contributed by atoms with E-state index in [1.54, 1.807) is 41.8 Å². The molecule has 12 rings (SSSR count). The Morgan fingerprint density at radius 3 is 2.26 bits per heavy atom. The average Bonchev–Trinajstić information content (AvgIpc) is 1.61. The van der Waals surface area contributed by atoms with Gasteiger partial charge in [0.05, 0.1) is 49.8 Å². The van der Waals surface area contributed by atoms with Crippen LogP contribution >= 0.6 is 22.9 Å². The van der Waals surface area contributed by atoms with Crippen LogP contribution in [0.25, 0.3) is 27.0 Å². The average molecular weight is 1520 g/mol. The Labute approximate surface area is 637 Å². The number of benzene rings is 4. The van der Waals surface area contributed by atoms with Crippen molar-refractivity contribution in [3.63, 3.8) is 0 Å². The molecule has 23 nitrogen and oxygen atoms in total. The number of carbonyl (C=O) groups excluding carboxylic acids is 4. The van der Waals surface area contributed by atoms with Crippen LogP contribution in [0, 0.1) is 33.8 Å². The molecule has 3 aromatic heterocycles. The summed E-state index contributed by atoms with van der Waals surface area (Å²) in [4.78, 5) is 91.6. The van der Waals surface area contributed by atoms with Gasteiger partial charge in [0.25, 0.3) is 21.6 Å². The molecule has 2 aliphatic carbocycles. The number of aromatic nitrogens is 3. The smallest absolute Gasteiger partial charge is 0.293 e. The lowest BCUT2D eigenvalue weighted by atomic mass is 9.72. The highest BCUT2D eigenvalue weighted by molar-refractivity contribution is 7.90. The molecule has 26 heteroatoms. The normalized spacial score (nSPS) is 20.4. The molecular formula is C81H104ClN13O10S2. The zero-order chi connectivity index (χ0) is 75.7. The third kappa shape index (κ3) is 20.0. The molecule has 0 unspecified atom stereocenters. The Morgan fingerprint density at radius 1 is 0.841 bits per heavy atom. The monoisotopic (exact) mass is 1520 g/mol. The summed E-state index contributed by atoms with van der Waals surface area (Å²) in [6.45, 7) is 23.6. The van der Waals surface area contributed by atoms with Crippen LogP contribution in [0.3, 0.4) is 0 Å². The minimum Gasteiger partial charge on any atom is -0.455 e. The summed E-state index contributed by atoms with van der Waals surface area (Å²) < 4.78 is 36.8. The number of aryl methyl sites for hydroxylation is 1. The fraction of sp³-hybridized carbons (Fsp3) is 0.506. The lowest BCUT2D eigenvalue weighted by molar-refractivity contribution is -0.384. The topological polar surface area (TPSA) is 281 Å². The van der Waals surface area contributed by atoms with Crippen molar-refractivity contribution < 1.29 is 42.4 Å². The molecule has 0 radical (unpaired) electrons. The molecule has 4 fully saturated rings. The van der Waals surface area contributed by atoms with Gasteiger partial charge in [-0.3, -0.25) is 39.1 Å². The van der Waals surface area contributed by atoms with Crippen molar-refractivity contribution in [3.05, 3.63) is 158 Å². The molecular weight excluding hydrogens is 1410 g/mol. The van der Waals surface area contributed by atoms with Crippen molar-refractivity contribution in [2.45, 2.75) is 174 Å². The van der Waals surface area contributed by atoms with Crippen molar-refractivity contribution >= 4 is 90.3 Å². The number of amides is 4. The zero-order valence-corrected chi connectivity index (χ0v) is 65.1. The fourth-order valence-electron chi connectivity index (χ4n) is 15.9. The number of hydrogen-bond donors (Lipinski definition) is 6. The number of β-amino-alcohol motifs (C(OH)–C–C–N with tert-alkyl or cyclic N) is 1. The molecule has 107 heavy (non-hydrogen) atoms. The Bertz CT molecular complexity index is 4440. The number of ether oxygens (including phenoxy) is 1. The number of aliphatic hydroxyl groups is 1. The molecule has 0 bridgehead atoms. The number of halogens is 1. The first kappa shape index (κ1) is 78.3. The van der Waals surface area contributed by atoms with Gasteiger partial charge in [-0.2, -0.15) is 0 Å². The quantitative estimate of drug-likeness (QED) is 0.0151. The minimum atomic E-state index is -4.63. The van der Waals surface area contributed by atoms with E-state index < -0.39 is 55.0 Å². The second kappa shape index (κ2) is 34.5. The van der Waals surface area contributed by atoms with E-state index in [9.17, 15) is 42.8 Å². The number of fused-ring (bicyclic) bond motifs is 1. The third-order valence-electron chi connectivity index (χ3n) is 22.3. The van der Waals surface area contributed by atoms with Gasteiger partial charge in [0, 0.05) is 125 Å². The number of aliphatic hydroxyl groups excluding tert-OH is 1. The van der Waals surface area contributed by atoms with Gasteiger partial charge in [0.15, 0.2) is 0 Å². The van der Waals surface area contributed by atoms with E-state index in [-0.39, 0.29) is 71.5 Å². The van der Waals surface area contributed by atoms with Gasteiger partial charge in [0.1, 0.15) is 34.9 Å². The molecule has 5 aliphatic rings. The molecule has 1 saturated carbocycles. The summed E-state index contributed by atoms with van der Waals surface area (Å²) >= 11 is 7.87.